The Labute approximate surface area is 199 Å². The maximum Gasteiger partial charge on any atom is 0.416 e. The molecule has 0 radical (unpaired) electrons. The van der Waals surface area contributed by atoms with E-state index in [1.54, 1.807) is 15.9 Å². The molecule has 1 N–H and O–H groups in total. The summed E-state index contributed by atoms with van der Waals surface area (Å²) in [4.78, 5) is 16.1. The molecule has 1 aliphatic heterocycles. The molecular weight excluding hydrogens is 486 g/mol. The minimum absolute atomic E-state index is 0.133. The van der Waals surface area contributed by atoms with Crippen LogP contribution in [-0.2, 0) is 16.2 Å². The first kappa shape index (κ1) is 24.5. The van der Waals surface area contributed by atoms with Gasteiger partial charge in [0.25, 0.3) is 15.9 Å². The largest absolute Gasteiger partial charge is 0.416 e. The van der Waals surface area contributed by atoms with Gasteiger partial charge < -0.3 is 9.80 Å². The molecule has 0 atom stereocenters. The standard InChI is InChI=1S/C24H21F4N3O3S/c25-21-6-1-2-7-22(21)29-35(33,34)20-10-8-17(9-11-20)23(32)31-14-12-30(13-15-31)19-5-3-4-18(16-19)24(26,27)28/h1-11,16,29H,12-15H2. The smallest absolute Gasteiger partial charge is 0.368 e. The lowest BCUT2D eigenvalue weighted by molar-refractivity contribution is -0.137. The highest BCUT2D eigenvalue weighted by atomic mass is 32.2. The Morgan fingerprint density at radius 2 is 1.51 bits per heavy atom. The molecule has 0 saturated carbocycles. The maximum atomic E-state index is 13.8. The minimum atomic E-state index is -4.43. The molecule has 3 aromatic rings. The number of alkyl halides is 3. The van der Waals surface area contributed by atoms with E-state index < -0.39 is 27.6 Å². The lowest BCUT2D eigenvalue weighted by Gasteiger charge is -2.36. The molecule has 0 aliphatic carbocycles. The van der Waals surface area contributed by atoms with E-state index in [-0.39, 0.29) is 22.1 Å². The third kappa shape index (κ3) is 5.56. The highest BCUT2D eigenvalue weighted by molar-refractivity contribution is 7.92. The van der Waals surface area contributed by atoms with Crippen LogP contribution in [0.25, 0.3) is 0 Å². The van der Waals surface area contributed by atoms with E-state index in [0.29, 0.717) is 31.9 Å². The fourth-order valence-electron chi connectivity index (χ4n) is 3.75. The zero-order valence-electron chi connectivity index (χ0n) is 18.3. The number of anilines is 2. The minimum Gasteiger partial charge on any atom is -0.368 e. The first-order chi connectivity index (χ1) is 16.5. The van der Waals surface area contributed by atoms with Crippen molar-refractivity contribution in [3.8, 4) is 0 Å². The van der Waals surface area contributed by atoms with Crippen molar-refractivity contribution in [2.24, 2.45) is 0 Å². The van der Waals surface area contributed by atoms with Crippen molar-refractivity contribution in [2.45, 2.75) is 11.1 Å². The third-order valence-corrected chi connectivity index (χ3v) is 7.02. The van der Waals surface area contributed by atoms with Crippen LogP contribution in [0.3, 0.4) is 0 Å². The number of piperazine rings is 1. The predicted octanol–water partition coefficient (Wildman–Crippen LogP) is 4.61. The summed E-state index contributed by atoms with van der Waals surface area (Å²) >= 11 is 0. The van der Waals surface area contributed by atoms with Crippen molar-refractivity contribution in [3.05, 3.63) is 89.7 Å². The number of hydrogen-bond acceptors (Lipinski definition) is 4. The van der Waals surface area contributed by atoms with E-state index in [1.807, 2.05) is 0 Å². The highest BCUT2D eigenvalue weighted by Crippen LogP contribution is 2.32. The Kier molecular flexibility index (Phi) is 6.70. The van der Waals surface area contributed by atoms with Gasteiger partial charge in [0, 0.05) is 37.4 Å². The van der Waals surface area contributed by atoms with Crippen molar-refractivity contribution < 1.29 is 30.8 Å². The van der Waals surface area contributed by atoms with E-state index in [2.05, 4.69) is 4.72 Å². The molecule has 184 valence electrons. The summed E-state index contributed by atoms with van der Waals surface area (Å²) in [5, 5.41) is 0. The van der Waals surface area contributed by atoms with Crippen molar-refractivity contribution in [2.75, 3.05) is 35.8 Å². The molecule has 11 heteroatoms. The zero-order chi connectivity index (χ0) is 25.2. The second-order valence-electron chi connectivity index (χ2n) is 7.94. The van der Waals surface area contributed by atoms with Gasteiger partial charge in [-0.3, -0.25) is 9.52 Å². The summed E-state index contributed by atoms with van der Waals surface area (Å²) in [6, 6.07) is 15.7. The molecule has 1 aliphatic rings. The monoisotopic (exact) mass is 507 g/mol. The van der Waals surface area contributed by atoms with Gasteiger partial charge in [0.1, 0.15) is 5.82 Å². The quantitative estimate of drug-likeness (QED) is 0.513. The van der Waals surface area contributed by atoms with Crippen molar-refractivity contribution in [1.29, 1.82) is 0 Å². The Hall–Kier alpha value is -3.60. The Bertz CT molecular complexity index is 1320. The summed E-state index contributed by atoms with van der Waals surface area (Å²) < 4.78 is 80.0. The van der Waals surface area contributed by atoms with Gasteiger partial charge in [-0.05, 0) is 54.6 Å². The van der Waals surface area contributed by atoms with Crippen LogP contribution in [0.2, 0.25) is 0 Å². The van der Waals surface area contributed by atoms with Gasteiger partial charge in [-0.1, -0.05) is 18.2 Å². The third-order valence-electron chi connectivity index (χ3n) is 5.64. The first-order valence-corrected chi connectivity index (χ1v) is 12.1. The second-order valence-corrected chi connectivity index (χ2v) is 9.62. The van der Waals surface area contributed by atoms with Gasteiger partial charge in [-0.25, -0.2) is 12.8 Å². The van der Waals surface area contributed by atoms with Crippen molar-refractivity contribution in [3.63, 3.8) is 0 Å². The average Bonchev–Trinajstić information content (AvgIpc) is 2.85. The topological polar surface area (TPSA) is 69.7 Å². The normalized spacial score (nSPS) is 14.6. The van der Waals surface area contributed by atoms with E-state index in [4.69, 9.17) is 0 Å². The molecule has 1 fully saturated rings. The second kappa shape index (κ2) is 9.57. The van der Waals surface area contributed by atoms with E-state index in [9.17, 15) is 30.8 Å². The number of rotatable bonds is 5. The molecule has 35 heavy (non-hydrogen) atoms. The highest BCUT2D eigenvalue weighted by Gasteiger charge is 2.31. The number of sulfonamides is 1. The lowest BCUT2D eigenvalue weighted by atomic mass is 10.1. The molecule has 1 saturated heterocycles. The number of carbonyl (C=O) groups excluding carboxylic acids is 1. The van der Waals surface area contributed by atoms with Gasteiger partial charge in [0.05, 0.1) is 16.1 Å². The molecule has 1 heterocycles. The summed E-state index contributed by atoms with van der Waals surface area (Å²) in [5.74, 6) is -1.04. The van der Waals surface area contributed by atoms with Crippen molar-refractivity contribution >= 4 is 27.3 Å². The molecular formula is C24H21F4N3O3S. The number of halogens is 4. The average molecular weight is 508 g/mol. The Balaban J connectivity index is 1.40. The van der Waals surface area contributed by atoms with Crippen LogP contribution in [0, 0.1) is 5.82 Å². The van der Waals surface area contributed by atoms with Crippen LogP contribution < -0.4 is 9.62 Å². The fourth-order valence-corrected chi connectivity index (χ4v) is 4.82. The number of hydrogen-bond donors (Lipinski definition) is 1. The molecule has 0 unspecified atom stereocenters. The number of benzene rings is 3. The van der Waals surface area contributed by atoms with E-state index in [1.165, 1.54) is 48.5 Å². The SMILES string of the molecule is O=C(c1ccc(S(=O)(=O)Nc2ccccc2F)cc1)N1CCN(c2cccc(C(F)(F)F)c2)CC1. The van der Waals surface area contributed by atoms with Crippen LogP contribution in [0.5, 0.6) is 0 Å². The van der Waals surface area contributed by atoms with Crippen molar-refractivity contribution in [1.82, 2.24) is 4.90 Å². The van der Waals surface area contributed by atoms with Gasteiger partial charge >= 0.3 is 6.18 Å². The maximum absolute atomic E-state index is 13.8. The summed E-state index contributed by atoms with van der Waals surface area (Å²) in [5.41, 5.74) is -0.217. The molecule has 0 bridgehead atoms. The molecule has 1 amide bonds. The van der Waals surface area contributed by atoms with Gasteiger partial charge in [-0.15, -0.1) is 0 Å². The number of nitrogens with one attached hydrogen (secondary N) is 1. The molecule has 6 nitrogen and oxygen atoms in total. The van der Waals surface area contributed by atoms with Crippen LogP contribution in [0.4, 0.5) is 28.9 Å². The number of amides is 1. The lowest BCUT2D eigenvalue weighted by Crippen LogP contribution is -2.48. The van der Waals surface area contributed by atoms with Crippen LogP contribution >= 0.6 is 0 Å². The number of nitrogens with zero attached hydrogens (tertiary/aromatic N) is 2. The first-order valence-electron chi connectivity index (χ1n) is 10.6. The molecule has 0 spiro atoms. The number of para-hydroxylation sites is 1. The van der Waals surface area contributed by atoms with Crippen LogP contribution in [0.1, 0.15) is 15.9 Å². The molecule has 0 aromatic heterocycles. The Morgan fingerprint density at radius 1 is 0.857 bits per heavy atom. The van der Waals surface area contributed by atoms with Crippen LogP contribution in [-0.4, -0.2) is 45.4 Å². The Morgan fingerprint density at radius 3 is 2.14 bits per heavy atom. The predicted molar refractivity (Wildman–Crippen MR) is 123 cm³/mol. The van der Waals surface area contributed by atoms with Gasteiger partial charge in [0.15, 0.2) is 0 Å². The van der Waals surface area contributed by atoms with Gasteiger partial charge in [-0.2, -0.15) is 13.2 Å². The van der Waals surface area contributed by atoms with Crippen LogP contribution in [0.15, 0.2) is 77.7 Å². The fraction of sp³-hybridized carbons (Fsp3) is 0.208. The zero-order valence-corrected chi connectivity index (χ0v) is 19.1. The van der Waals surface area contributed by atoms with E-state index >= 15 is 0 Å². The number of carbonyl (C=O) groups is 1. The summed E-state index contributed by atoms with van der Waals surface area (Å²) in [6.45, 7) is 1.30. The van der Waals surface area contributed by atoms with E-state index in [0.717, 1.165) is 18.2 Å². The molecule has 4 rings (SSSR count). The summed E-state index contributed by atoms with van der Waals surface area (Å²) in [6.07, 6.45) is -4.43. The van der Waals surface area contributed by atoms with Gasteiger partial charge in [0.2, 0.25) is 0 Å². The molecule has 3 aromatic carbocycles. The summed E-state index contributed by atoms with van der Waals surface area (Å²) in [7, 11) is -4.06.